The number of aromatic nitrogens is 1. The highest BCUT2D eigenvalue weighted by Crippen LogP contribution is 2.18. The van der Waals surface area contributed by atoms with Crippen molar-refractivity contribution in [2.75, 3.05) is 17.3 Å². The van der Waals surface area contributed by atoms with Gasteiger partial charge in [-0.1, -0.05) is 26.2 Å². The van der Waals surface area contributed by atoms with E-state index in [1.54, 1.807) is 0 Å². The van der Waals surface area contributed by atoms with Crippen LogP contribution in [0.4, 0.5) is 20.4 Å². The number of nitrogens with one attached hydrogen (secondary N) is 2. The van der Waals surface area contributed by atoms with Crippen LogP contribution in [0.15, 0.2) is 6.07 Å². The van der Waals surface area contributed by atoms with Gasteiger partial charge >= 0.3 is 0 Å². The van der Waals surface area contributed by atoms with Gasteiger partial charge in [-0.2, -0.15) is 0 Å². The van der Waals surface area contributed by atoms with Gasteiger partial charge in [0, 0.05) is 12.6 Å². The van der Waals surface area contributed by atoms with Crippen LogP contribution in [0.5, 0.6) is 0 Å². The molecule has 0 radical (unpaired) electrons. The average molecular weight is 244 g/mol. The molecule has 0 bridgehead atoms. The molecule has 4 nitrogen and oxygen atoms in total. The largest absolute Gasteiger partial charge is 0.368 e. The van der Waals surface area contributed by atoms with Crippen molar-refractivity contribution in [1.82, 2.24) is 4.98 Å². The minimum atomic E-state index is -0.804. The van der Waals surface area contributed by atoms with Gasteiger partial charge in [-0.05, 0) is 6.42 Å². The minimum absolute atomic E-state index is 0.0239. The molecule has 0 aliphatic carbocycles. The molecule has 0 aliphatic rings. The maximum Gasteiger partial charge on any atom is 0.178 e. The number of rotatable bonds is 7. The Morgan fingerprint density at radius 3 is 2.53 bits per heavy atom. The van der Waals surface area contributed by atoms with Crippen LogP contribution in [0.25, 0.3) is 0 Å². The fourth-order valence-electron chi connectivity index (χ4n) is 1.45. The van der Waals surface area contributed by atoms with Crippen molar-refractivity contribution in [3.05, 3.63) is 17.7 Å². The summed E-state index contributed by atoms with van der Waals surface area (Å²) in [5.74, 6) is 3.41. The molecule has 0 unspecified atom stereocenters. The number of unbranched alkanes of at least 4 members (excludes halogenated alkanes) is 3. The summed E-state index contributed by atoms with van der Waals surface area (Å²) in [6, 6.07) is 0.760. The van der Waals surface area contributed by atoms with Gasteiger partial charge in [0.05, 0.1) is 0 Å². The number of hydrogen-bond donors (Lipinski definition) is 3. The molecule has 0 aromatic carbocycles. The summed E-state index contributed by atoms with van der Waals surface area (Å²) in [4.78, 5) is 3.71. The third-order valence-corrected chi connectivity index (χ3v) is 2.39. The van der Waals surface area contributed by atoms with E-state index in [1.807, 2.05) is 0 Å². The van der Waals surface area contributed by atoms with Gasteiger partial charge in [0.25, 0.3) is 0 Å². The number of hydrogen-bond acceptors (Lipinski definition) is 4. The Balaban J connectivity index is 2.52. The second-order valence-corrected chi connectivity index (χ2v) is 3.78. The summed E-state index contributed by atoms with van der Waals surface area (Å²) >= 11 is 0. The predicted molar refractivity (Wildman–Crippen MR) is 64.6 cm³/mol. The zero-order valence-electron chi connectivity index (χ0n) is 9.89. The Morgan fingerprint density at radius 2 is 1.88 bits per heavy atom. The predicted octanol–water partition coefficient (Wildman–Crippen LogP) is 2.64. The van der Waals surface area contributed by atoms with Crippen LogP contribution >= 0.6 is 0 Å². The molecule has 0 amide bonds. The molecule has 0 atom stereocenters. The first-order chi connectivity index (χ1) is 8.19. The third kappa shape index (κ3) is 4.14. The van der Waals surface area contributed by atoms with Crippen LogP contribution in [0.3, 0.4) is 0 Å². The van der Waals surface area contributed by atoms with E-state index in [0.29, 0.717) is 6.54 Å². The Kier molecular flexibility index (Phi) is 5.62. The fourth-order valence-corrected chi connectivity index (χ4v) is 1.45. The highest BCUT2D eigenvalue weighted by atomic mass is 19.1. The van der Waals surface area contributed by atoms with Crippen LogP contribution in [0.2, 0.25) is 0 Å². The van der Waals surface area contributed by atoms with Gasteiger partial charge in [-0.25, -0.2) is 19.6 Å². The molecule has 4 N–H and O–H groups in total. The van der Waals surface area contributed by atoms with Gasteiger partial charge < -0.3 is 10.7 Å². The number of anilines is 2. The van der Waals surface area contributed by atoms with Crippen molar-refractivity contribution in [1.29, 1.82) is 0 Å². The van der Waals surface area contributed by atoms with Gasteiger partial charge in [0.1, 0.15) is 0 Å². The summed E-state index contributed by atoms with van der Waals surface area (Å²) in [6.07, 6.45) is 4.30. The van der Waals surface area contributed by atoms with Gasteiger partial charge in [0.2, 0.25) is 0 Å². The Bertz CT molecular complexity index is 358. The van der Waals surface area contributed by atoms with E-state index >= 15 is 0 Å². The third-order valence-electron chi connectivity index (χ3n) is 2.39. The lowest BCUT2D eigenvalue weighted by atomic mass is 10.2. The molecule has 6 heteroatoms. The molecule has 1 aromatic heterocycles. The highest BCUT2D eigenvalue weighted by Gasteiger charge is 2.10. The number of nitrogens with two attached hydrogens (primary N) is 1. The van der Waals surface area contributed by atoms with Crippen molar-refractivity contribution >= 4 is 11.6 Å². The lowest BCUT2D eigenvalue weighted by molar-refractivity contribution is 0.577. The Hall–Kier alpha value is -1.43. The Labute approximate surface area is 99.6 Å². The van der Waals surface area contributed by atoms with Crippen LogP contribution in [0, 0.1) is 11.6 Å². The second-order valence-electron chi connectivity index (χ2n) is 3.78. The van der Waals surface area contributed by atoms with E-state index in [0.717, 1.165) is 31.7 Å². The molecule has 0 aliphatic heterocycles. The lowest BCUT2D eigenvalue weighted by Gasteiger charge is -2.09. The zero-order valence-corrected chi connectivity index (χ0v) is 9.89. The van der Waals surface area contributed by atoms with Crippen molar-refractivity contribution in [3.8, 4) is 0 Å². The fraction of sp³-hybridized carbons (Fsp3) is 0.545. The highest BCUT2D eigenvalue weighted by molar-refractivity contribution is 5.46. The van der Waals surface area contributed by atoms with Gasteiger partial charge in [-0.3, -0.25) is 0 Å². The second kappa shape index (κ2) is 7.01. The van der Waals surface area contributed by atoms with E-state index in [-0.39, 0.29) is 11.6 Å². The van der Waals surface area contributed by atoms with Crippen molar-refractivity contribution < 1.29 is 8.78 Å². The van der Waals surface area contributed by atoms with Crippen molar-refractivity contribution in [3.63, 3.8) is 0 Å². The summed E-state index contributed by atoms with van der Waals surface area (Å²) in [7, 11) is 0. The first-order valence-corrected chi connectivity index (χ1v) is 5.75. The normalized spacial score (nSPS) is 10.4. The van der Waals surface area contributed by atoms with Crippen molar-refractivity contribution in [2.24, 2.45) is 5.84 Å². The minimum Gasteiger partial charge on any atom is -0.368 e. The average Bonchev–Trinajstić information content (AvgIpc) is 2.31. The molecular weight excluding hydrogens is 226 g/mol. The monoisotopic (exact) mass is 244 g/mol. The van der Waals surface area contributed by atoms with Crippen LogP contribution in [-0.4, -0.2) is 11.5 Å². The van der Waals surface area contributed by atoms with E-state index in [9.17, 15) is 8.78 Å². The van der Waals surface area contributed by atoms with E-state index < -0.39 is 11.6 Å². The molecule has 0 spiro atoms. The number of nitrogen functional groups attached to an aromatic ring is 1. The first-order valence-electron chi connectivity index (χ1n) is 5.75. The van der Waals surface area contributed by atoms with Crippen LogP contribution < -0.4 is 16.6 Å². The van der Waals surface area contributed by atoms with Crippen LogP contribution in [0.1, 0.15) is 32.6 Å². The maximum atomic E-state index is 13.3. The topological polar surface area (TPSA) is 63.0 Å². The quantitative estimate of drug-likeness (QED) is 0.392. The number of pyridine rings is 1. The smallest absolute Gasteiger partial charge is 0.178 e. The molecule has 1 aromatic rings. The van der Waals surface area contributed by atoms with Crippen LogP contribution in [-0.2, 0) is 0 Å². The standard InChI is InChI=1S/C11H18F2N4/c1-2-3-4-5-6-15-10-8(12)7-9(13)11(16-10)17-14/h7H,2-6,14H2,1H3,(H2,15,16,17). The zero-order chi connectivity index (χ0) is 12.7. The molecule has 0 saturated carbocycles. The first kappa shape index (κ1) is 13.6. The summed E-state index contributed by atoms with van der Waals surface area (Å²) in [5.41, 5.74) is 2.08. The summed E-state index contributed by atoms with van der Waals surface area (Å²) in [5, 5.41) is 2.83. The molecule has 1 heterocycles. The van der Waals surface area contributed by atoms with E-state index in [4.69, 9.17) is 5.84 Å². The number of halogens is 2. The summed E-state index contributed by atoms with van der Waals surface area (Å²) < 4.78 is 26.4. The van der Waals surface area contributed by atoms with E-state index in [2.05, 4.69) is 22.7 Å². The molecule has 0 fully saturated rings. The molecular formula is C11H18F2N4. The molecule has 96 valence electrons. The SMILES string of the molecule is CCCCCCNc1nc(NN)c(F)cc1F. The van der Waals surface area contributed by atoms with Crippen molar-refractivity contribution in [2.45, 2.75) is 32.6 Å². The Morgan fingerprint density at radius 1 is 1.18 bits per heavy atom. The van der Waals surface area contributed by atoms with Gasteiger partial charge in [-0.15, -0.1) is 0 Å². The number of hydrazine groups is 1. The lowest BCUT2D eigenvalue weighted by Crippen LogP contribution is -2.13. The summed E-state index contributed by atoms with van der Waals surface area (Å²) in [6.45, 7) is 2.73. The number of nitrogens with zero attached hydrogens (tertiary/aromatic N) is 1. The van der Waals surface area contributed by atoms with E-state index in [1.165, 1.54) is 0 Å². The molecule has 0 saturated heterocycles. The molecule has 17 heavy (non-hydrogen) atoms. The van der Waals surface area contributed by atoms with Gasteiger partial charge in [0.15, 0.2) is 23.3 Å². The molecule has 1 rings (SSSR count). The maximum absolute atomic E-state index is 13.3.